The van der Waals surface area contributed by atoms with E-state index in [-0.39, 0.29) is 0 Å². The van der Waals surface area contributed by atoms with Crippen molar-refractivity contribution in [3.8, 4) is 17.0 Å². The third-order valence-corrected chi connectivity index (χ3v) is 3.02. The quantitative estimate of drug-likeness (QED) is 0.894. The molecule has 0 aliphatic heterocycles. The lowest BCUT2D eigenvalue weighted by molar-refractivity contribution is 0.415. The van der Waals surface area contributed by atoms with Gasteiger partial charge in [-0.2, -0.15) is 0 Å². The van der Waals surface area contributed by atoms with E-state index in [9.17, 15) is 0 Å². The topological polar surface area (TPSA) is 49.9 Å². The van der Waals surface area contributed by atoms with Gasteiger partial charge in [-0.15, -0.1) is 0 Å². The van der Waals surface area contributed by atoms with Gasteiger partial charge in [0.15, 0.2) is 0 Å². The zero-order chi connectivity index (χ0) is 13.1. The van der Waals surface area contributed by atoms with Crippen LogP contribution in [0.25, 0.3) is 11.3 Å². The van der Waals surface area contributed by atoms with Gasteiger partial charge in [-0.25, -0.2) is 4.98 Å². The number of imidazole rings is 1. The van der Waals surface area contributed by atoms with Gasteiger partial charge in [-0.3, -0.25) is 0 Å². The molecule has 0 unspecified atom stereocenters. The first-order valence-electron chi connectivity index (χ1n) is 5.69. The number of benzene rings is 1. The smallest absolute Gasteiger partial charge is 0.121 e. The summed E-state index contributed by atoms with van der Waals surface area (Å²) in [6.45, 7) is 2.69. The molecule has 2 rings (SSSR count). The Bertz CT molecular complexity index is 551. The average Bonchev–Trinajstić information content (AvgIpc) is 2.70. The van der Waals surface area contributed by atoms with E-state index in [0.29, 0.717) is 11.6 Å². The molecular weight excluding hydrogens is 250 g/mol. The van der Waals surface area contributed by atoms with E-state index < -0.39 is 0 Å². The first-order valence-corrected chi connectivity index (χ1v) is 6.07. The fraction of sp³-hybridized carbons (Fsp3) is 0.308. The number of rotatable bonds is 4. The van der Waals surface area contributed by atoms with Crippen molar-refractivity contribution in [2.45, 2.75) is 13.5 Å². The Kier molecular flexibility index (Phi) is 3.89. The fourth-order valence-corrected chi connectivity index (χ4v) is 2.11. The Morgan fingerprint density at radius 3 is 2.83 bits per heavy atom. The molecule has 0 fully saturated rings. The Morgan fingerprint density at radius 1 is 1.44 bits per heavy atom. The standard InChI is InChI=1S/C13H16ClN3O/c1-8-13(17-12(16-8)7-15-2)10-5-4-9(18-3)6-11(10)14/h4-6,15H,7H2,1-3H3,(H,16,17). The van der Waals surface area contributed by atoms with Gasteiger partial charge >= 0.3 is 0 Å². The number of methoxy groups -OCH3 is 1. The van der Waals surface area contributed by atoms with Crippen LogP contribution in [0.3, 0.4) is 0 Å². The first-order chi connectivity index (χ1) is 8.65. The third kappa shape index (κ3) is 2.49. The second-order valence-electron chi connectivity index (χ2n) is 4.03. The fourth-order valence-electron chi connectivity index (χ4n) is 1.85. The molecule has 1 heterocycles. The van der Waals surface area contributed by atoms with Crippen LogP contribution in [0, 0.1) is 6.92 Å². The van der Waals surface area contributed by atoms with E-state index >= 15 is 0 Å². The van der Waals surface area contributed by atoms with Gasteiger partial charge in [0.1, 0.15) is 11.6 Å². The van der Waals surface area contributed by atoms with Crippen molar-refractivity contribution in [3.05, 3.63) is 34.7 Å². The number of ether oxygens (including phenoxy) is 1. The van der Waals surface area contributed by atoms with Gasteiger partial charge in [-0.1, -0.05) is 11.6 Å². The number of nitrogens with one attached hydrogen (secondary N) is 2. The summed E-state index contributed by atoms with van der Waals surface area (Å²) in [5, 5.41) is 3.70. The van der Waals surface area contributed by atoms with Crippen LogP contribution in [-0.4, -0.2) is 24.1 Å². The molecule has 5 heteroatoms. The van der Waals surface area contributed by atoms with Gasteiger partial charge in [-0.05, 0) is 32.2 Å². The summed E-state index contributed by atoms with van der Waals surface area (Å²) in [6.07, 6.45) is 0. The summed E-state index contributed by atoms with van der Waals surface area (Å²) >= 11 is 6.25. The highest BCUT2D eigenvalue weighted by Gasteiger charge is 2.12. The molecule has 0 aliphatic rings. The van der Waals surface area contributed by atoms with Gasteiger partial charge in [0.2, 0.25) is 0 Å². The van der Waals surface area contributed by atoms with E-state index in [1.54, 1.807) is 13.2 Å². The Morgan fingerprint density at radius 2 is 2.22 bits per heavy atom. The number of aromatic amines is 1. The van der Waals surface area contributed by atoms with E-state index in [4.69, 9.17) is 16.3 Å². The summed E-state index contributed by atoms with van der Waals surface area (Å²) in [4.78, 5) is 7.78. The number of H-pyrrole nitrogens is 1. The molecule has 0 atom stereocenters. The zero-order valence-electron chi connectivity index (χ0n) is 10.7. The van der Waals surface area contributed by atoms with Gasteiger partial charge in [0, 0.05) is 11.3 Å². The summed E-state index contributed by atoms with van der Waals surface area (Å²) in [5.74, 6) is 1.64. The largest absolute Gasteiger partial charge is 0.497 e. The number of halogens is 1. The van der Waals surface area contributed by atoms with E-state index in [0.717, 1.165) is 28.5 Å². The number of hydrogen-bond donors (Lipinski definition) is 2. The molecule has 0 aliphatic carbocycles. The normalized spacial score (nSPS) is 10.7. The Labute approximate surface area is 111 Å². The van der Waals surface area contributed by atoms with Crippen LogP contribution in [0.1, 0.15) is 11.5 Å². The lowest BCUT2D eigenvalue weighted by Crippen LogP contribution is -2.06. The Hall–Kier alpha value is -1.52. The third-order valence-electron chi connectivity index (χ3n) is 2.71. The van der Waals surface area contributed by atoms with Crippen molar-refractivity contribution in [1.29, 1.82) is 0 Å². The molecule has 1 aromatic carbocycles. The lowest BCUT2D eigenvalue weighted by Gasteiger charge is -2.05. The van der Waals surface area contributed by atoms with Gasteiger partial charge < -0.3 is 15.0 Å². The van der Waals surface area contributed by atoms with Crippen molar-refractivity contribution in [1.82, 2.24) is 15.3 Å². The molecule has 0 saturated carbocycles. The highest BCUT2D eigenvalue weighted by atomic mass is 35.5. The Balaban J connectivity index is 2.41. The molecule has 0 bridgehead atoms. The monoisotopic (exact) mass is 265 g/mol. The molecule has 0 saturated heterocycles. The van der Waals surface area contributed by atoms with Crippen molar-refractivity contribution < 1.29 is 4.74 Å². The van der Waals surface area contributed by atoms with Gasteiger partial charge in [0.25, 0.3) is 0 Å². The molecule has 1 aromatic heterocycles. The van der Waals surface area contributed by atoms with Crippen LogP contribution in [0.5, 0.6) is 5.75 Å². The van der Waals surface area contributed by atoms with Crippen LogP contribution in [0.15, 0.2) is 18.2 Å². The number of aromatic nitrogens is 2. The zero-order valence-corrected chi connectivity index (χ0v) is 11.4. The summed E-state index contributed by atoms with van der Waals surface area (Å²) in [7, 11) is 3.51. The van der Waals surface area contributed by atoms with Crippen LogP contribution < -0.4 is 10.1 Å². The van der Waals surface area contributed by atoms with Crippen molar-refractivity contribution >= 4 is 11.6 Å². The second kappa shape index (κ2) is 5.42. The maximum absolute atomic E-state index is 6.25. The molecular formula is C13H16ClN3O. The average molecular weight is 266 g/mol. The summed E-state index contributed by atoms with van der Waals surface area (Å²) in [6, 6.07) is 5.60. The molecule has 2 N–H and O–H groups in total. The predicted molar refractivity (Wildman–Crippen MR) is 73.1 cm³/mol. The molecule has 96 valence electrons. The maximum Gasteiger partial charge on any atom is 0.121 e. The van der Waals surface area contributed by atoms with Crippen molar-refractivity contribution in [2.75, 3.05) is 14.2 Å². The van der Waals surface area contributed by atoms with E-state index in [2.05, 4.69) is 15.3 Å². The minimum atomic E-state index is 0.639. The van der Waals surface area contributed by atoms with Crippen LogP contribution >= 0.6 is 11.6 Å². The summed E-state index contributed by atoms with van der Waals surface area (Å²) in [5.41, 5.74) is 2.80. The maximum atomic E-state index is 6.25. The lowest BCUT2D eigenvalue weighted by atomic mass is 10.1. The van der Waals surface area contributed by atoms with Gasteiger partial charge in [0.05, 0.1) is 24.4 Å². The van der Waals surface area contributed by atoms with E-state index in [1.165, 1.54) is 0 Å². The SMILES string of the molecule is CNCc1nc(-c2ccc(OC)cc2Cl)c(C)[nH]1. The van der Waals surface area contributed by atoms with Crippen LogP contribution in [-0.2, 0) is 6.54 Å². The molecule has 4 nitrogen and oxygen atoms in total. The minimum Gasteiger partial charge on any atom is -0.497 e. The molecule has 0 radical (unpaired) electrons. The highest BCUT2D eigenvalue weighted by molar-refractivity contribution is 6.33. The molecule has 0 amide bonds. The highest BCUT2D eigenvalue weighted by Crippen LogP contribution is 2.31. The van der Waals surface area contributed by atoms with Crippen molar-refractivity contribution in [2.24, 2.45) is 0 Å². The number of hydrogen-bond acceptors (Lipinski definition) is 3. The number of nitrogens with zero attached hydrogens (tertiary/aromatic N) is 1. The first kappa shape index (κ1) is 12.9. The van der Waals surface area contributed by atoms with Crippen LogP contribution in [0.2, 0.25) is 5.02 Å². The van der Waals surface area contributed by atoms with E-state index in [1.807, 2.05) is 26.1 Å². The van der Waals surface area contributed by atoms with Crippen molar-refractivity contribution in [3.63, 3.8) is 0 Å². The number of aryl methyl sites for hydroxylation is 1. The molecule has 0 spiro atoms. The summed E-state index contributed by atoms with van der Waals surface area (Å²) < 4.78 is 5.14. The molecule has 18 heavy (non-hydrogen) atoms. The van der Waals surface area contributed by atoms with Crippen LogP contribution in [0.4, 0.5) is 0 Å². The molecule has 2 aromatic rings. The second-order valence-corrected chi connectivity index (χ2v) is 4.44. The predicted octanol–water partition coefficient (Wildman–Crippen LogP) is 2.77. The minimum absolute atomic E-state index is 0.639.